The second kappa shape index (κ2) is 10.4. The number of hydrogen-bond acceptors (Lipinski definition) is 5. The van der Waals surface area contributed by atoms with Crippen LogP contribution in [0, 0.1) is 5.92 Å². The fraction of sp³-hybridized carbons (Fsp3) is 0.250. The number of carbonyl (C=O) groups is 3. The van der Waals surface area contributed by atoms with Gasteiger partial charge in [-0.1, -0.05) is 67.6 Å². The van der Waals surface area contributed by atoms with Crippen LogP contribution in [0.5, 0.6) is 0 Å². The molecule has 3 aliphatic rings. The smallest absolute Gasteiger partial charge is 0.264 e. The maximum absolute atomic E-state index is 13.6. The van der Waals surface area contributed by atoms with E-state index in [0.29, 0.717) is 35.5 Å². The molecule has 4 aromatic rings. The van der Waals surface area contributed by atoms with Crippen molar-refractivity contribution in [2.75, 3.05) is 23.5 Å². The van der Waals surface area contributed by atoms with Crippen molar-refractivity contribution in [3.05, 3.63) is 113 Å². The highest BCUT2D eigenvalue weighted by Gasteiger charge is 2.52. The molecule has 4 aromatic carbocycles. The number of hydrogen-bond donors (Lipinski definition) is 2. The van der Waals surface area contributed by atoms with Crippen molar-refractivity contribution in [3.8, 4) is 0 Å². The zero-order chi connectivity index (χ0) is 30.7. The SMILES string of the molecule is C[C@@H](/C=C/CC(=O)N1Cc2ccccc2C[C@H]1CO)[C@]1(O)C(=O)N(C)c2ccc(N3C(=O)c4cccc5cccc3c45)cc21. The van der Waals surface area contributed by atoms with E-state index < -0.39 is 17.4 Å². The molecule has 0 spiro atoms. The highest BCUT2D eigenvalue weighted by Crippen LogP contribution is 2.48. The normalized spacial score (nSPS) is 21.4. The van der Waals surface area contributed by atoms with Crippen LogP contribution in [0.25, 0.3) is 10.8 Å². The standard InChI is InChI=1S/C36H33N3O5/c1-22(8-5-15-32(41)38-20-25-10-4-3-9-24(25)18-27(38)21-40)36(44)29-19-26(16-17-30(29)37(2)35(36)43)39-31-14-7-12-23-11-6-13-28(33(23)31)34(39)42/h3-14,16-17,19,22,27,40,44H,15,18,20-21H2,1-2H3/b8-5+/t22-,27-,36+/m0/s1. The van der Waals surface area contributed by atoms with Gasteiger partial charge in [-0.15, -0.1) is 0 Å². The lowest BCUT2D eigenvalue weighted by molar-refractivity contribution is -0.139. The number of rotatable bonds is 6. The second-order valence-electron chi connectivity index (χ2n) is 11.9. The van der Waals surface area contributed by atoms with Crippen molar-refractivity contribution in [3.63, 3.8) is 0 Å². The van der Waals surface area contributed by atoms with Crippen LogP contribution in [0.3, 0.4) is 0 Å². The van der Waals surface area contributed by atoms with Gasteiger partial charge in [-0.2, -0.15) is 0 Å². The molecule has 0 bridgehead atoms. The van der Waals surface area contributed by atoms with Gasteiger partial charge < -0.3 is 20.0 Å². The van der Waals surface area contributed by atoms with Crippen molar-refractivity contribution < 1.29 is 24.6 Å². The van der Waals surface area contributed by atoms with E-state index in [1.807, 2.05) is 60.7 Å². The van der Waals surface area contributed by atoms with E-state index in [-0.39, 0.29) is 30.9 Å². The van der Waals surface area contributed by atoms with Crippen LogP contribution in [-0.4, -0.2) is 52.5 Å². The Morgan fingerprint density at radius 2 is 1.75 bits per heavy atom. The molecule has 8 nitrogen and oxygen atoms in total. The van der Waals surface area contributed by atoms with Crippen LogP contribution in [0.2, 0.25) is 0 Å². The van der Waals surface area contributed by atoms with Gasteiger partial charge in [-0.25, -0.2) is 0 Å². The molecule has 0 radical (unpaired) electrons. The molecule has 0 unspecified atom stereocenters. The topological polar surface area (TPSA) is 101 Å². The van der Waals surface area contributed by atoms with Gasteiger partial charge in [0, 0.05) is 42.6 Å². The first kappa shape index (κ1) is 28.0. The van der Waals surface area contributed by atoms with Crippen LogP contribution in [0.15, 0.2) is 91.0 Å². The Morgan fingerprint density at radius 3 is 2.52 bits per heavy atom. The number of fused-ring (bicyclic) bond motifs is 2. The Morgan fingerprint density at radius 1 is 1.00 bits per heavy atom. The van der Waals surface area contributed by atoms with Crippen molar-refractivity contribution in [1.29, 1.82) is 0 Å². The summed E-state index contributed by atoms with van der Waals surface area (Å²) in [6.07, 6.45) is 4.06. The van der Waals surface area contributed by atoms with Gasteiger partial charge in [0.1, 0.15) is 0 Å². The van der Waals surface area contributed by atoms with Crippen LogP contribution in [-0.2, 0) is 28.2 Å². The number of amides is 3. The summed E-state index contributed by atoms with van der Waals surface area (Å²) in [5.74, 6) is -1.44. The Kier molecular flexibility index (Phi) is 6.64. The van der Waals surface area contributed by atoms with Gasteiger partial charge in [0.25, 0.3) is 11.8 Å². The van der Waals surface area contributed by atoms with E-state index in [0.717, 1.165) is 27.6 Å². The number of anilines is 3. The third-order valence-electron chi connectivity index (χ3n) is 9.46. The molecule has 3 aliphatic heterocycles. The number of aliphatic hydroxyl groups excluding tert-OH is 1. The Balaban J connectivity index is 1.15. The molecule has 44 heavy (non-hydrogen) atoms. The number of aliphatic hydroxyl groups is 2. The van der Waals surface area contributed by atoms with Gasteiger partial charge >= 0.3 is 0 Å². The van der Waals surface area contributed by atoms with Crippen LogP contribution in [0.4, 0.5) is 17.1 Å². The van der Waals surface area contributed by atoms with E-state index in [4.69, 9.17) is 0 Å². The van der Waals surface area contributed by atoms with Crippen molar-refractivity contribution in [1.82, 2.24) is 4.90 Å². The van der Waals surface area contributed by atoms with Gasteiger partial charge in [0.15, 0.2) is 5.60 Å². The maximum Gasteiger partial charge on any atom is 0.264 e. The molecule has 3 atom stereocenters. The third kappa shape index (κ3) is 4.09. The average molecular weight is 588 g/mol. The van der Waals surface area contributed by atoms with Gasteiger partial charge in [0.05, 0.1) is 29.6 Å². The highest BCUT2D eigenvalue weighted by molar-refractivity contribution is 6.28. The molecule has 2 N–H and O–H groups in total. The van der Waals surface area contributed by atoms with E-state index in [9.17, 15) is 24.6 Å². The summed E-state index contributed by atoms with van der Waals surface area (Å²) in [6, 6.07) is 24.4. The zero-order valence-electron chi connectivity index (χ0n) is 24.6. The van der Waals surface area contributed by atoms with Gasteiger partial charge in [-0.05, 0) is 53.3 Å². The first-order valence-electron chi connectivity index (χ1n) is 14.9. The van der Waals surface area contributed by atoms with E-state index in [1.165, 1.54) is 4.90 Å². The first-order valence-corrected chi connectivity index (χ1v) is 14.9. The summed E-state index contributed by atoms with van der Waals surface area (Å²) in [7, 11) is 1.62. The highest BCUT2D eigenvalue weighted by atomic mass is 16.3. The van der Waals surface area contributed by atoms with Crippen LogP contribution >= 0.6 is 0 Å². The molecule has 0 saturated carbocycles. The summed E-state index contributed by atoms with van der Waals surface area (Å²) >= 11 is 0. The molecular weight excluding hydrogens is 554 g/mol. The van der Waals surface area contributed by atoms with Crippen LogP contribution < -0.4 is 9.80 Å². The fourth-order valence-corrected chi connectivity index (χ4v) is 7.03. The fourth-order valence-electron chi connectivity index (χ4n) is 7.03. The molecular formula is C36H33N3O5. The minimum atomic E-state index is -1.89. The van der Waals surface area contributed by atoms with Crippen molar-refractivity contribution >= 4 is 45.6 Å². The lowest BCUT2D eigenvalue weighted by atomic mass is 9.82. The summed E-state index contributed by atoms with van der Waals surface area (Å²) in [5.41, 5.74) is 3.23. The predicted molar refractivity (Wildman–Crippen MR) is 169 cm³/mol. The minimum Gasteiger partial charge on any atom is -0.394 e. The number of carbonyl (C=O) groups excluding carboxylic acids is 3. The number of benzene rings is 4. The lowest BCUT2D eigenvalue weighted by Crippen LogP contribution is -2.46. The van der Waals surface area contributed by atoms with Crippen LogP contribution in [0.1, 0.15) is 40.4 Å². The van der Waals surface area contributed by atoms with Crippen molar-refractivity contribution in [2.24, 2.45) is 5.92 Å². The Bertz CT molecular complexity index is 1880. The molecule has 3 amide bonds. The molecule has 3 heterocycles. The van der Waals surface area contributed by atoms with E-state index in [2.05, 4.69) is 0 Å². The lowest BCUT2D eigenvalue weighted by Gasteiger charge is -2.36. The second-order valence-corrected chi connectivity index (χ2v) is 11.9. The largest absolute Gasteiger partial charge is 0.394 e. The zero-order valence-corrected chi connectivity index (χ0v) is 24.6. The van der Waals surface area contributed by atoms with E-state index >= 15 is 0 Å². The first-order chi connectivity index (χ1) is 21.2. The molecule has 0 saturated heterocycles. The summed E-state index contributed by atoms with van der Waals surface area (Å²) in [6.45, 7) is 2.05. The predicted octanol–water partition coefficient (Wildman–Crippen LogP) is 4.82. The van der Waals surface area contributed by atoms with E-state index in [1.54, 1.807) is 54.1 Å². The molecule has 0 aromatic heterocycles. The average Bonchev–Trinajstić information content (AvgIpc) is 3.44. The molecule has 222 valence electrons. The monoisotopic (exact) mass is 587 g/mol. The maximum atomic E-state index is 13.6. The summed E-state index contributed by atoms with van der Waals surface area (Å²) < 4.78 is 0. The Labute approximate surface area is 255 Å². The summed E-state index contributed by atoms with van der Waals surface area (Å²) in [5, 5.41) is 23.9. The minimum absolute atomic E-state index is 0.0700. The quantitative estimate of drug-likeness (QED) is 0.315. The number of likely N-dealkylation sites (N-methyl/N-ethyl adjacent to an activating group) is 1. The van der Waals surface area contributed by atoms with Crippen molar-refractivity contribution in [2.45, 2.75) is 38.0 Å². The number of nitrogens with zero attached hydrogens (tertiary/aromatic N) is 3. The van der Waals surface area contributed by atoms with Gasteiger partial charge in [0.2, 0.25) is 5.91 Å². The summed E-state index contributed by atoms with van der Waals surface area (Å²) in [4.78, 5) is 45.2. The third-order valence-corrected chi connectivity index (χ3v) is 9.46. The molecule has 0 fully saturated rings. The van der Waals surface area contributed by atoms with Gasteiger partial charge in [-0.3, -0.25) is 19.3 Å². The molecule has 7 rings (SSSR count). The Hall–Kier alpha value is -4.79. The molecule has 8 heteroatoms. The molecule has 0 aliphatic carbocycles.